The molecule has 2 amide bonds. The van der Waals surface area contributed by atoms with Crippen molar-refractivity contribution in [2.75, 3.05) is 19.6 Å². The Hall–Kier alpha value is -2.05. The number of hydrogen-bond acceptors (Lipinski definition) is 4. The minimum absolute atomic E-state index is 0.0294. The van der Waals surface area contributed by atoms with Crippen molar-refractivity contribution < 1.29 is 14.3 Å². The first kappa shape index (κ1) is 20.2. The largest absolute Gasteiger partial charge is 0.441 e. The second-order valence-electron chi connectivity index (χ2n) is 10.1. The third kappa shape index (κ3) is 3.88. The molecule has 0 aromatic carbocycles. The van der Waals surface area contributed by atoms with Crippen molar-refractivity contribution in [2.45, 2.75) is 82.8 Å². The minimum Gasteiger partial charge on any atom is -0.441 e. The molecule has 4 rings (SSSR count). The third-order valence-electron chi connectivity index (χ3n) is 6.82. The fraction of sp³-hybridized carbons (Fsp3) is 0.773. The van der Waals surface area contributed by atoms with Crippen LogP contribution in [0, 0.1) is 0 Å². The van der Waals surface area contributed by atoms with Gasteiger partial charge in [-0.05, 0) is 44.6 Å². The summed E-state index contributed by atoms with van der Waals surface area (Å²) in [6.07, 6.45) is 6.97. The second kappa shape index (κ2) is 7.33. The summed E-state index contributed by atoms with van der Waals surface area (Å²) >= 11 is 0. The highest BCUT2D eigenvalue weighted by Gasteiger charge is 2.48. The van der Waals surface area contributed by atoms with Crippen molar-refractivity contribution in [1.82, 2.24) is 19.6 Å². The van der Waals surface area contributed by atoms with Gasteiger partial charge < -0.3 is 14.5 Å². The Labute approximate surface area is 173 Å². The molecule has 2 saturated heterocycles. The van der Waals surface area contributed by atoms with Crippen LogP contribution in [0.15, 0.2) is 6.07 Å². The second-order valence-corrected chi connectivity index (χ2v) is 10.1. The lowest BCUT2D eigenvalue weighted by atomic mass is 9.84. The number of ether oxygens (including phenoxy) is 1. The standard InChI is InChI=1S/C22H34N4O3/c1-21(2,3)18-14-17(24(4)23-18)19(27)25-12-8-16(9-13-25)26-15-22(29-20(26)28)10-6-5-7-11-22/h14,16H,5-13,15H2,1-4H3. The van der Waals surface area contributed by atoms with E-state index >= 15 is 0 Å². The fourth-order valence-corrected chi connectivity index (χ4v) is 4.96. The van der Waals surface area contributed by atoms with Crippen LogP contribution in [0.5, 0.6) is 0 Å². The lowest BCUT2D eigenvalue weighted by Crippen LogP contribution is -2.48. The molecule has 0 bridgehead atoms. The van der Waals surface area contributed by atoms with E-state index in [1.807, 2.05) is 22.9 Å². The number of carbonyl (C=O) groups excluding carboxylic acids is 2. The molecule has 1 aromatic rings. The topological polar surface area (TPSA) is 67.7 Å². The van der Waals surface area contributed by atoms with Gasteiger partial charge in [0.15, 0.2) is 0 Å². The Morgan fingerprint density at radius 2 is 1.83 bits per heavy atom. The molecule has 1 saturated carbocycles. The summed E-state index contributed by atoms with van der Waals surface area (Å²) in [6, 6.07) is 2.09. The van der Waals surface area contributed by atoms with Crippen molar-refractivity contribution in [3.05, 3.63) is 17.5 Å². The number of aromatic nitrogens is 2. The molecule has 1 spiro atoms. The molecule has 160 valence electrons. The molecule has 1 aliphatic carbocycles. The normalized spacial score (nSPS) is 23.0. The number of likely N-dealkylation sites (tertiary alicyclic amines) is 1. The summed E-state index contributed by atoms with van der Waals surface area (Å²) in [4.78, 5) is 29.4. The highest BCUT2D eigenvalue weighted by molar-refractivity contribution is 5.92. The number of rotatable bonds is 2. The Balaban J connectivity index is 1.38. The first-order chi connectivity index (χ1) is 13.7. The van der Waals surface area contributed by atoms with E-state index in [9.17, 15) is 9.59 Å². The SMILES string of the molecule is Cn1nc(C(C)(C)C)cc1C(=O)N1CCC(N2CC3(CCCCC3)OC2=O)CC1. The maximum absolute atomic E-state index is 13.1. The van der Waals surface area contributed by atoms with Crippen molar-refractivity contribution >= 4 is 12.0 Å². The molecule has 3 aliphatic rings. The summed E-state index contributed by atoms with van der Waals surface area (Å²) < 4.78 is 7.54. The fourth-order valence-electron chi connectivity index (χ4n) is 4.96. The Bertz CT molecular complexity index is 780. The highest BCUT2D eigenvalue weighted by atomic mass is 16.6. The Morgan fingerprint density at radius 1 is 1.17 bits per heavy atom. The first-order valence-corrected chi connectivity index (χ1v) is 11.0. The van der Waals surface area contributed by atoms with Crippen LogP contribution < -0.4 is 0 Å². The van der Waals surface area contributed by atoms with E-state index in [1.165, 1.54) is 6.42 Å². The molecule has 2 aliphatic heterocycles. The van der Waals surface area contributed by atoms with Gasteiger partial charge in [0, 0.05) is 31.6 Å². The quantitative estimate of drug-likeness (QED) is 0.760. The number of nitrogens with zero attached hydrogens (tertiary/aromatic N) is 4. The molecule has 1 aromatic heterocycles. The summed E-state index contributed by atoms with van der Waals surface area (Å²) in [5.74, 6) is 0.0294. The van der Waals surface area contributed by atoms with E-state index in [0.29, 0.717) is 18.8 Å². The van der Waals surface area contributed by atoms with E-state index in [4.69, 9.17) is 4.74 Å². The van der Waals surface area contributed by atoms with Crippen LogP contribution in [-0.2, 0) is 17.2 Å². The average molecular weight is 403 g/mol. The molecule has 3 heterocycles. The van der Waals surface area contributed by atoms with Gasteiger partial charge in [-0.2, -0.15) is 5.10 Å². The predicted octanol–water partition coefficient (Wildman–Crippen LogP) is 3.48. The number of amides is 2. The van der Waals surface area contributed by atoms with Crippen LogP contribution >= 0.6 is 0 Å². The lowest BCUT2D eigenvalue weighted by molar-refractivity contribution is 0.0259. The van der Waals surface area contributed by atoms with Gasteiger partial charge in [0.05, 0.1) is 12.2 Å². The summed E-state index contributed by atoms with van der Waals surface area (Å²) in [6.45, 7) is 8.35. The van der Waals surface area contributed by atoms with Crippen LogP contribution in [0.25, 0.3) is 0 Å². The van der Waals surface area contributed by atoms with Crippen LogP contribution in [0.2, 0.25) is 0 Å². The van der Waals surface area contributed by atoms with Crippen molar-refractivity contribution in [3.8, 4) is 0 Å². The molecule has 7 heteroatoms. The average Bonchev–Trinajstić information content (AvgIpc) is 3.22. The molecular weight excluding hydrogens is 368 g/mol. The summed E-state index contributed by atoms with van der Waals surface area (Å²) in [5, 5.41) is 4.53. The zero-order chi connectivity index (χ0) is 20.8. The summed E-state index contributed by atoms with van der Waals surface area (Å²) in [7, 11) is 1.83. The predicted molar refractivity (Wildman–Crippen MR) is 110 cm³/mol. The van der Waals surface area contributed by atoms with Gasteiger partial charge in [-0.15, -0.1) is 0 Å². The van der Waals surface area contributed by atoms with Gasteiger partial charge in [-0.3, -0.25) is 9.48 Å². The maximum atomic E-state index is 13.1. The van der Waals surface area contributed by atoms with Gasteiger partial charge in [-0.1, -0.05) is 27.2 Å². The zero-order valence-electron chi connectivity index (χ0n) is 18.2. The van der Waals surface area contributed by atoms with Crippen molar-refractivity contribution in [2.24, 2.45) is 7.05 Å². The monoisotopic (exact) mass is 402 g/mol. The van der Waals surface area contributed by atoms with Crippen molar-refractivity contribution in [3.63, 3.8) is 0 Å². The Kier molecular flexibility index (Phi) is 5.11. The first-order valence-electron chi connectivity index (χ1n) is 11.0. The maximum Gasteiger partial charge on any atom is 0.410 e. The van der Waals surface area contributed by atoms with Crippen LogP contribution in [0.3, 0.4) is 0 Å². The zero-order valence-corrected chi connectivity index (χ0v) is 18.2. The van der Waals surface area contributed by atoms with Crippen LogP contribution in [0.1, 0.15) is 81.9 Å². The van der Waals surface area contributed by atoms with Gasteiger partial charge in [0.25, 0.3) is 5.91 Å². The number of piperidine rings is 1. The van der Waals surface area contributed by atoms with E-state index in [-0.39, 0.29) is 29.1 Å². The van der Waals surface area contributed by atoms with Gasteiger partial charge in [0.2, 0.25) is 0 Å². The number of carbonyl (C=O) groups is 2. The molecule has 29 heavy (non-hydrogen) atoms. The number of hydrogen-bond donors (Lipinski definition) is 0. The molecule has 3 fully saturated rings. The molecule has 0 atom stereocenters. The smallest absolute Gasteiger partial charge is 0.410 e. The molecule has 0 N–H and O–H groups in total. The number of aryl methyl sites for hydroxylation is 1. The van der Waals surface area contributed by atoms with Crippen molar-refractivity contribution in [1.29, 1.82) is 0 Å². The van der Waals surface area contributed by atoms with Gasteiger partial charge in [0.1, 0.15) is 11.3 Å². The van der Waals surface area contributed by atoms with Gasteiger partial charge >= 0.3 is 6.09 Å². The van der Waals surface area contributed by atoms with Crippen LogP contribution in [0.4, 0.5) is 4.79 Å². The Morgan fingerprint density at radius 3 is 2.41 bits per heavy atom. The van der Waals surface area contributed by atoms with E-state index in [0.717, 1.165) is 50.8 Å². The van der Waals surface area contributed by atoms with E-state index < -0.39 is 0 Å². The van der Waals surface area contributed by atoms with Crippen LogP contribution in [-0.4, -0.2) is 62.9 Å². The molecular formula is C22H34N4O3. The minimum atomic E-state index is -0.250. The highest BCUT2D eigenvalue weighted by Crippen LogP contribution is 2.38. The third-order valence-corrected chi connectivity index (χ3v) is 6.82. The molecule has 0 radical (unpaired) electrons. The molecule has 0 unspecified atom stereocenters. The molecule has 7 nitrogen and oxygen atoms in total. The van der Waals surface area contributed by atoms with E-state index in [2.05, 4.69) is 25.9 Å². The summed E-state index contributed by atoms with van der Waals surface area (Å²) in [5.41, 5.74) is 1.22. The lowest BCUT2D eigenvalue weighted by Gasteiger charge is -2.36. The van der Waals surface area contributed by atoms with E-state index in [1.54, 1.807) is 4.68 Å². The van der Waals surface area contributed by atoms with Gasteiger partial charge in [-0.25, -0.2) is 4.79 Å².